The maximum atomic E-state index is 14.2. The predicted molar refractivity (Wildman–Crippen MR) is 248 cm³/mol. The third-order valence-electron chi connectivity index (χ3n) is 12.4. The van der Waals surface area contributed by atoms with Gasteiger partial charge in [0, 0.05) is 32.2 Å². The molecular weight excluding hydrogens is 803 g/mol. The molecule has 0 aliphatic carbocycles. The summed E-state index contributed by atoms with van der Waals surface area (Å²) in [4.78, 5) is 53.8. The van der Waals surface area contributed by atoms with Crippen LogP contribution in [0.2, 0.25) is 0 Å². The van der Waals surface area contributed by atoms with Gasteiger partial charge in [0.15, 0.2) is 6.23 Å². The second kappa shape index (κ2) is 34.3. The first kappa shape index (κ1) is 56.0. The Hall–Kier alpha value is -3.10. The summed E-state index contributed by atoms with van der Waals surface area (Å²) in [5.74, 6) is -2.90. The second-order valence-electron chi connectivity index (χ2n) is 18.0. The lowest BCUT2D eigenvalue weighted by molar-refractivity contribution is -0.312. The predicted octanol–water partition coefficient (Wildman–Crippen LogP) is 8.22. The molecule has 1 saturated heterocycles. The summed E-state index contributed by atoms with van der Waals surface area (Å²) in [6.07, 6.45) is 21.2. The Kier molecular flexibility index (Phi) is 30.5. The number of hydrogen-bond donors (Lipinski definition) is 7. The van der Waals surface area contributed by atoms with Crippen LogP contribution in [-0.2, 0) is 30.3 Å². The maximum Gasteiger partial charge on any atom is 0.303 e. The Balaban J connectivity index is 2.18. The fourth-order valence-electron chi connectivity index (χ4n) is 8.50. The molecule has 13 heteroatoms. The zero-order valence-electron chi connectivity index (χ0n) is 39.1. The number of carboxylic acids is 1. The van der Waals surface area contributed by atoms with Crippen LogP contribution in [0.1, 0.15) is 206 Å². The van der Waals surface area contributed by atoms with E-state index in [1.54, 1.807) is 30.3 Å². The molecule has 13 nitrogen and oxygen atoms in total. The molecule has 1 aliphatic heterocycles. The minimum absolute atomic E-state index is 0.0166. The van der Waals surface area contributed by atoms with E-state index < -0.39 is 60.7 Å². The van der Waals surface area contributed by atoms with Crippen LogP contribution < -0.4 is 10.6 Å². The van der Waals surface area contributed by atoms with Crippen LogP contribution in [0.5, 0.6) is 0 Å². The molecule has 2 rings (SSSR count). The maximum absolute atomic E-state index is 14.2. The highest BCUT2D eigenvalue weighted by Gasteiger charge is 2.58. The van der Waals surface area contributed by atoms with E-state index in [0.29, 0.717) is 18.4 Å². The Morgan fingerprint density at radius 1 is 0.667 bits per heavy atom. The Morgan fingerprint density at radius 3 is 1.62 bits per heavy atom. The van der Waals surface area contributed by atoms with Crippen LogP contribution in [-0.4, -0.2) is 104 Å². The first-order chi connectivity index (χ1) is 30.5. The summed E-state index contributed by atoms with van der Waals surface area (Å²) in [6, 6.07) is 7.55. The van der Waals surface area contributed by atoms with Crippen LogP contribution in [0.25, 0.3) is 0 Å². The van der Waals surface area contributed by atoms with Gasteiger partial charge in [-0.1, -0.05) is 192 Å². The number of nitrogens with zero attached hydrogens (tertiary/aromatic N) is 1. The normalized spacial score (nSPS) is 20.3. The summed E-state index contributed by atoms with van der Waals surface area (Å²) < 4.78 is 6.08. The van der Waals surface area contributed by atoms with Crippen LogP contribution in [0.15, 0.2) is 30.3 Å². The van der Waals surface area contributed by atoms with Crippen molar-refractivity contribution < 1.29 is 49.4 Å². The van der Waals surface area contributed by atoms with Crippen molar-refractivity contribution in [2.24, 2.45) is 0 Å². The standard InChI is InChI=1S/C50H87N3O10/c1-3-5-7-9-11-13-15-16-17-18-19-20-22-24-29-35-44(56)53(37-30-25-23-21-14-12-10-8-6-4-2)49-50(62,47(60)46(59)42(39-54)63-49)52-48(61)41(38-40-32-27-26-28-33-40)51-43(55)34-31-36-45(57)58/h26-28,32-33,41-42,46-47,49,54,59-60,62H,3-25,29-31,34-39H2,1-2H3,(H,51,55)(H,52,61)(H,57,58)/t41-,42+,46+,47-,49+,50+/m0/s1. The average Bonchev–Trinajstić information content (AvgIpc) is 3.26. The fraction of sp³-hybridized carbons (Fsp3) is 0.800. The first-order valence-electron chi connectivity index (χ1n) is 25.0. The van der Waals surface area contributed by atoms with Crippen molar-refractivity contribution in [1.82, 2.24) is 15.5 Å². The van der Waals surface area contributed by atoms with E-state index >= 15 is 0 Å². The van der Waals surface area contributed by atoms with Gasteiger partial charge in [0.25, 0.3) is 0 Å². The summed E-state index contributed by atoms with van der Waals surface area (Å²) in [5, 5.41) is 59.3. The van der Waals surface area contributed by atoms with Crippen molar-refractivity contribution in [2.75, 3.05) is 13.2 Å². The third-order valence-corrected chi connectivity index (χ3v) is 12.4. The van der Waals surface area contributed by atoms with Gasteiger partial charge in [0.05, 0.1) is 6.61 Å². The zero-order chi connectivity index (χ0) is 46.1. The number of carbonyl (C=O) groups excluding carboxylic acids is 3. The van der Waals surface area contributed by atoms with E-state index in [9.17, 15) is 39.6 Å². The number of ether oxygens (including phenoxy) is 1. The molecule has 1 aromatic carbocycles. The van der Waals surface area contributed by atoms with E-state index in [1.165, 1.54) is 101 Å². The van der Waals surface area contributed by atoms with Gasteiger partial charge < -0.3 is 45.8 Å². The highest BCUT2D eigenvalue weighted by molar-refractivity contribution is 5.88. The molecule has 0 radical (unpaired) electrons. The summed E-state index contributed by atoms with van der Waals surface area (Å²) in [5.41, 5.74) is -2.07. The number of amides is 3. The third kappa shape index (κ3) is 23.1. The van der Waals surface area contributed by atoms with Crippen LogP contribution in [0.4, 0.5) is 0 Å². The smallest absolute Gasteiger partial charge is 0.303 e. The van der Waals surface area contributed by atoms with Crippen LogP contribution in [0, 0.1) is 0 Å². The molecule has 0 saturated carbocycles. The number of aliphatic hydroxyl groups excluding tert-OH is 3. The van der Waals surface area contributed by atoms with E-state index in [2.05, 4.69) is 24.5 Å². The molecule has 362 valence electrons. The highest BCUT2D eigenvalue weighted by atomic mass is 16.6. The van der Waals surface area contributed by atoms with Crippen molar-refractivity contribution in [2.45, 2.75) is 243 Å². The van der Waals surface area contributed by atoms with E-state index in [-0.39, 0.29) is 44.6 Å². The van der Waals surface area contributed by atoms with Gasteiger partial charge in [0.1, 0.15) is 24.4 Å². The quantitative estimate of drug-likeness (QED) is 0.0250. The SMILES string of the molecule is CCCCCCCCCCCCCCCCCC(=O)N(CCCCCCCCCCCC)[C@@H]1O[C@H](CO)[C@@H](O)[C@H](O)[C@]1(O)NC(=O)[C@H](Cc1ccccc1)NC(=O)CCCC(=O)O. The van der Waals surface area contributed by atoms with Crippen molar-refractivity contribution >= 4 is 23.7 Å². The lowest BCUT2D eigenvalue weighted by atomic mass is 9.90. The van der Waals surface area contributed by atoms with Gasteiger partial charge in [-0.2, -0.15) is 0 Å². The second-order valence-corrected chi connectivity index (χ2v) is 18.0. The molecule has 0 spiro atoms. The molecule has 0 bridgehead atoms. The number of unbranched alkanes of at least 4 members (excludes halogenated alkanes) is 23. The fourth-order valence-corrected chi connectivity index (χ4v) is 8.50. The number of benzene rings is 1. The summed E-state index contributed by atoms with van der Waals surface area (Å²) >= 11 is 0. The lowest BCUT2D eigenvalue weighted by Crippen LogP contribution is -2.78. The van der Waals surface area contributed by atoms with Gasteiger partial charge in [-0.05, 0) is 24.8 Å². The number of hydrogen-bond acceptors (Lipinski definition) is 9. The minimum Gasteiger partial charge on any atom is -0.481 e. The molecule has 3 amide bonds. The number of aliphatic carboxylic acids is 1. The topological polar surface area (TPSA) is 206 Å². The molecule has 1 fully saturated rings. The molecular formula is C50H87N3O10. The molecule has 0 aromatic heterocycles. The number of rotatable bonds is 38. The number of nitrogens with one attached hydrogen (secondary N) is 2. The molecule has 0 unspecified atom stereocenters. The molecule has 7 N–H and O–H groups in total. The largest absolute Gasteiger partial charge is 0.481 e. The van der Waals surface area contributed by atoms with E-state index in [0.717, 1.165) is 51.4 Å². The van der Waals surface area contributed by atoms with Gasteiger partial charge in [-0.3, -0.25) is 19.2 Å². The molecule has 1 aromatic rings. The van der Waals surface area contributed by atoms with Gasteiger partial charge in [0.2, 0.25) is 23.4 Å². The first-order valence-corrected chi connectivity index (χ1v) is 25.0. The Morgan fingerprint density at radius 2 is 1.14 bits per heavy atom. The number of carbonyl (C=O) groups is 4. The van der Waals surface area contributed by atoms with Crippen LogP contribution >= 0.6 is 0 Å². The van der Waals surface area contributed by atoms with Gasteiger partial charge in [-0.15, -0.1) is 0 Å². The number of carboxylic acid groups (broad SMARTS) is 1. The monoisotopic (exact) mass is 890 g/mol. The Labute approximate surface area is 379 Å². The highest BCUT2D eigenvalue weighted by Crippen LogP contribution is 2.32. The molecule has 63 heavy (non-hydrogen) atoms. The Bertz CT molecular complexity index is 1370. The molecule has 6 atom stereocenters. The van der Waals surface area contributed by atoms with E-state index in [4.69, 9.17) is 9.84 Å². The van der Waals surface area contributed by atoms with Crippen molar-refractivity contribution in [3.05, 3.63) is 35.9 Å². The van der Waals surface area contributed by atoms with Crippen molar-refractivity contribution in [3.63, 3.8) is 0 Å². The summed E-state index contributed by atoms with van der Waals surface area (Å²) in [7, 11) is 0. The summed E-state index contributed by atoms with van der Waals surface area (Å²) in [6.45, 7) is 3.87. The number of aliphatic hydroxyl groups is 4. The molecule has 1 heterocycles. The minimum atomic E-state index is -2.74. The van der Waals surface area contributed by atoms with Gasteiger partial charge >= 0.3 is 5.97 Å². The van der Waals surface area contributed by atoms with Gasteiger partial charge in [-0.25, -0.2) is 0 Å². The van der Waals surface area contributed by atoms with Crippen molar-refractivity contribution in [3.8, 4) is 0 Å². The average molecular weight is 890 g/mol. The zero-order valence-corrected chi connectivity index (χ0v) is 39.1. The van der Waals surface area contributed by atoms with E-state index in [1.807, 2.05) is 0 Å². The van der Waals surface area contributed by atoms with Crippen molar-refractivity contribution in [1.29, 1.82) is 0 Å². The lowest BCUT2D eigenvalue weighted by Gasteiger charge is -2.51. The van der Waals surface area contributed by atoms with Crippen LogP contribution in [0.3, 0.4) is 0 Å². The molecule has 1 aliphatic rings.